The van der Waals surface area contributed by atoms with E-state index in [0.29, 0.717) is 6.54 Å². The second-order valence-corrected chi connectivity index (χ2v) is 2.01. The number of hydrogen-bond donors (Lipinski definition) is 4. The Bertz CT molecular complexity index is 43.4. The summed E-state index contributed by atoms with van der Waals surface area (Å²) in [7, 11) is 0. The Morgan fingerprint density at radius 1 is 1.20 bits per heavy atom. The van der Waals surface area contributed by atoms with Gasteiger partial charge in [-0.2, -0.15) is 0 Å². The molecule has 0 spiro atoms. The zero-order valence-corrected chi connectivity index (χ0v) is 6.48. The minimum absolute atomic E-state index is 0.625. The Morgan fingerprint density at radius 2 is 1.50 bits per heavy atom. The molecule has 4 heteroatoms. The molecule has 0 aromatic carbocycles. The van der Waals surface area contributed by atoms with Gasteiger partial charge in [-0.05, 0) is 0 Å². The normalized spacial score (nSPS) is 17.4. The van der Waals surface area contributed by atoms with Crippen molar-refractivity contribution in [3.63, 3.8) is 0 Å². The number of nitrogens with one attached hydrogen (secondary N) is 3. The fourth-order valence-electron chi connectivity index (χ4n) is 0.604. The van der Waals surface area contributed by atoms with Crippen LogP contribution in [0.15, 0.2) is 0 Å². The van der Waals surface area contributed by atoms with Gasteiger partial charge in [-0.15, -0.1) is 0 Å². The lowest BCUT2D eigenvalue weighted by molar-refractivity contribution is 0.173. The molecule has 4 nitrogen and oxygen atoms in total. The van der Waals surface area contributed by atoms with E-state index in [4.69, 9.17) is 5.21 Å². The Morgan fingerprint density at radius 3 is 1.60 bits per heavy atom. The molecular formula is C6H17N3O. The first-order valence-electron chi connectivity index (χ1n) is 3.70. The number of hydrogen-bond acceptors (Lipinski definition) is 4. The monoisotopic (exact) mass is 147 g/mol. The van der Waals surface area contributed by atoms with Crippen molar-refractivity contribution in [3.05, 3.63) is 0 Å². The molecule has 1 heterocycles. The zero-order chi connectivity index (χ0) is 7.66. The van der Waals surface area contributed by atoms with Gasteiger partial charge < -0.3 is 15.8 Å². The molecule has 62 valence electrons. The van der Waals surface area contributed by atoms with E-state index >= 15 is 0 Å². The molecule has 0 atom stereocenters. The molecule has 0 saturated carbocycles. The fourth-order valence-corrected chi connectivity index (χ4v) is 0.604. The van der Waals surface area contributed by atoms with Gasteiger partial charge in [0.15, 0.2) is 0 Å². The van der Waals surface area contributed by atoms with Crippen molar-refractivity contribution in [3.8, 4) is 0 Å². The third-order valence-electron chi connectivity index (χ3n) is 1.12. The summed E-state index contributed by atoms with van der Waals surface area (Å²) in [5, 5.41) is 14.1. The predicted molar refractivity (Wildman–Crippen MR) is 41.2 cm³/mol. The molecule has 1 fully saturated rings. The average Bonchev–Trinajstić information content (AvgIpc) is 2.08. The van der Waals surface area contributed by atoms with Gasteiger partial charge in [0.2, 0.25) is 0 Å². The topological polar surface area (TPSA) is 56.3 Å². The summed E-state index contributed by atoms with van der Waals surface area (Å²) in [6.07, 6.45) is 0. The summed E-state index contributed by atoms with van der Waals surface area (Å²) in [5.74, 6) is 0. The first-order valence-corrected chi connectivity index (χ1v) is 3.70. The molecule has 0 aliphatic carbocycles. The van der Waals surface area contributed by atoms with E-state index in [0.717, 1.165) is 26.2 Å². The molecule has 0 unspecified atom stereocenters. The maximum atomic E-state index is 7.62. The molecule has 0 aromatic rings. The maximum Gasteiger partial charge on any atom is 0.0179 e. The van der Waals surface area contributed by atoms with Crippen LogP contribution in [0.5, 0.6) is 0 Å². The van der Waals surface area contributed by atoms with Crippen LogP contribution in [0, 0.1) is 0 Å². The van der Waals surface area contributed by atoms with Gasteiger partial charge in [-0.25, -0.2) is 5.48 Å². The van der Waals surface area contributed by atoms with Crippen molar-refractivity contribution in [1.29, 1.82) is 0 Å². The van der Waals surface area contributed by atoms with E-state index < -0.39 is 0 Å². The van der Waals surface area contributed by atoms with Crippen LogP contribution < -0.4 is 16.1 Å². The molecule has 1 rings (SSSR count). The molecule has 1 aliphatic heterocycles. The van der Waals surface area contributed by atoms with Crippen molar-refractivity contribution in [2.45, 2.75) is 6.92 Å². The Labute approximate surface area is 62.0 Å². The number of hydroxylamine groups is 1. The van der Waals surface area contributed by atoms with Crippen molar-refractivity contribution in [2.24, 2.45) is 0 Å². The molecule has 0 amide bonds. The first kappa shape index (κ1) is 9.84. The summed E-state index contributed by atoms with van der Waals surface area (Å²) in [6, 6.07) is 0. The van der Waals surface area contributed by atoms with Gasteiger partial charge in [0, 0.05) is 32.7 Å². The highest BCUT2D eigenvalue weighted by molar-refractivity contribution is 4.59. The second-order valence-electron chi connectivity index (χ2n) is 2.01. The van der Waals surface area contributed by atoms with Gasteiger partial charge in [-0.1, -0.05) is 6.92 Å². The molecule has 1 aliphatic rings. The maximum absolute atomic E-state index is 7.62. The summed E-state index contributed by atoms with van der Waals surface area (Å²) in [5.41, 5.74) is 1.93. The minimum Gasteiger partial charge on any atom is -0.317 e. The molecular weight excluding hydrogens is 130 g/mol. The highest BCUT2D eigenvalue weighted by Gasteiger charge is 1.91. The van der Waals surface area contributed by atoms with Crippen LogP contribution in [0.3, 0.4) is 0 Å². The predicted octanol–water partition coefficient (Wildman–Crippen LogP) is -0.836. The summed E-state index contributed by atoms with van der Waals surface area (Å²) in [6.45, 7) is 7.00. The van der Waals surface area contributed by atoms with Gasteiger partial charge in [-0.3, -0.25) is 0 Å². The van der Waals surface area contributed by atoms with Crippen LogP contribution in [0.2, 0.25) is 0 Å². The van der Waals surface area contributed by atoms with E-state index in [1.165, 1.54) is 0 Å². The van der Waals surface area contributed by atoms with E-state index in [1.807, 2.05) is 12.4 Å². The van der Waals surface area contributed by atoms with E-state index in [-0.39, 0.29) is 0 Å². The third-order valence-corrected chi connectivity index (χ3v) is 1.12. The lowest BCUT2D eigenvalue weighted by atomic mass is 10.4. The standard InChI is InChI=1S/C4H10N2.C2H7NO/c1-2-6-4-3-5-1;1-2-3-4/h5-6H,1-4H2;3-4H,2H2,1H3. The SMILES string of the molecule is C1CNCCN1.CCNO. The van der Waals surface area contributed by atoms with E-state index in [2.05, 4.69) is 10.6 Å². The summed E-state index contributed by atoms with van der Waals surface area (Å²) >= 11 is 0. The summed E-state index contributed by atoms with van der Waals surface area (Å²) < 4.78 is 0. The van der Waals surface area contributed by atoms with Crippen LogP contribution >= 0.6 is 0 Å². The highest BCUT2D eigenvalue weighted by Crippen LogP contribution is 1.65. The lowest BCUT2D eigenvalue weighted by Gasteiger charge is -2.11. The molecule has 4 N–H and O–H groups in total. The van der Waals surface area contributed by atoms with Crippen LogP contribution in [-0.4, -0.2) is 37.9 Å². The van der Waals surface area contributed by atoms with Crippen molar-refractivity contribution >= 4 is 0 Å². The first-order chi connectivity index (χ1) is 4.91. The highest BCUT2D eigenvalue weighted by atomic mass is 16.5. The number of rotatable bonds is 1. The van der Waals surface area contributed by atoms with Crippen LogP contribution in [-0.2, 0) is 0 Å². The fraction of sp³-hybridized carbons (Fsp3) is 1.00. The van der Waals surface area contributed by atoms with Crippen LogP contribution in [0.25, 0.3) is 0 Å². The van der Waals surface area contributed by atoms with Crippen molar-refractivity contribution in [2.75, 3.05) is 32.7 Å². The van der Waals surface area contributed by atoms with Crippen molar-refractivity contribution < 1.29 is 5.21 Å². The van der Waals surface area contributed by atoms with Crippen LogP contribution in [0.1, 0.15) is 6.92 Å². The average molecular weight is 147 g/mol. The second kappa shape index (κ2) is 8.84. The molecule has 1 saturated heterocycles. The Balaban J connectivity index is 0.000000180. The van der Waals surface area contributed by atoms with Crippen LogP contribution in [0.4, 0.5) is 0 Å². The molecule has 0 radical (unpaired) electrons. The Hall–Kier alpha value is -0.160. The largest absolute Gasteiger partial charge is 0.317 e. The Kier molecular flexibility index (Phi) is 8.70. The quantitative estimate of drug-likeness (QED) is 0.365. The van der Waals surface area contributed by atoms with Gasteiger partial charge in [0.25, 0.3) is 0 Å². The zero-order valence-electron chi connectivity index (χ0n) is 6.48. The lowest BCUT2D eigenvalue weighted by Crippen LogP contribution is -2.39. The number of piperazine rings is 1. The molecule has 0 aromatic heterocycles. The molecule has 10 heavy (non-hydrogen) atoms. The minimum atomic E-state index is 0.625. The van der Waals surface area contributed by atoms with Gasteiger partial charge >= 0.3 is 0 Å². The van der Waals surface area contributed by atoms with Gasteiger partial charge in [0.1, 0.15) is 0 Å². The smallest absolute Gasteiger partial charge is 0.0179 e. The van der Waals surface area contributed by atoms with Gasteiger partial charge in [0.05, 0.1) is 0 Å². The molecule has 0 bridgehead atoms. The summed E-state index contributed by atoms with van der Waals surface area (Å²) in [4.78, 5) is 0. The van der Waals surface area contributed by atoms with E-state index in [1.54, 1.807) is 0 Å². The van der Waals surface area contributed by atoms with E-state index in [9.17, 15) is 0 Å². The third kappa shape index (κ3) is 7.84. The van der Waals surface area contributed by atoms with Crippen molar-refractivity contribution in [1.82, 2.24) is 16.1 Å².